The van der Waals surface area contributed by atoms with E-state index in [0.29, 0.717) is 5.69 Å². The van der Waals surface area contributed by atoms with Crippen molar-refractivity contribution in [3.05, 3.63) is 54.3 Å². The molecular weight excluding hydrogens is 375 g/mol. The summed E-state index contributed by atoms with van der Waals surface area (Å²) in [6.45, 7) is 3.54. The van der Waals surface area contributed by atoms with E-state index in [0.717, 1.165) is 30.8 Å². The lowest BCUT2D eigenvalue weighted by molar-refractivity contribution is -0.149. The maximum Gasteiger partial charge on any atom is 0.344 e. The van der Waals surface area contributed by atoms with Gasteiger partial charge in [-0.25, -0.2) is 9.18 Å². The fraction of sp³-hybridized carbons (Fsp3) is 0.364. The average Bonchev–Trinajstić information content (AvgIpc) is 2.72. The largest absolute Gasteiger partial charge is 0.482 e. The summed E-state index contributed by atoms with van der Waals surface area (Å²) in [5.41, 5.74) is 1.77. The normalized spacial score (nSPS) is 14.3. The number of amides is 1. The Morgan fingerprint density at radius 2 is 1.83 bits per heavy atom. The second-order valence-corrected chi connectivity index (χ2v) is 7.17. The van der Waals surface area contributed by atoms with Crippen molar-refractivity contribution in [2.45, 2.75) is 19.8 Å². The highest BCUT2D eigenvalue weighted by atomic mass is 19.1. The van der Waals surface area contributed by atoms with E-state index in [4.69, 9.17) is 9.47 Å². The van der Waals surface area contributed by atoms with E-state index in [1.54, 1.807) is 0 Å². The van der Waals surface area contributed by atoms with E-state index in [-0.39, 0.29) is 5.75 Å². The minimum absolute atomic E-state index is 0.217. The van der Waals surface area contributed by atoms with Gasteiger partial charge in [0.2, 0.25) is 0 Å². The van der Waals surface area contributed by atoms with Crippen LogP contribution < -0.4 is 15.0 Å². The molecule has 29 heavy (non-hydrogen) atoms. The summed E-state index contributed by atoms with van der Waals surface area (Å²) in [6, 6.07) is 13.1. The van der Waals surface area contributed by atoms with Crippen molar-refractivity contribution < 1.29 is 23.5 Å². The van der Waals surface area contributed by atoms with Crippen LogP contribution in [0.2, 0.25) is 0 Å². The van der Waals surface area contributed by atoms with E-state index >= 15 is 0 Å². The molecule has 1 fully saturated rings. The molecule has 7 heteroatoms. The zero-order chi connectivity index (χ0) is 20.6. The molecule has 0 spiro atoms. The number of hydrogen-bond acceptors (Lipinski definition) is 5. The van der Waals surface area contributed by atoms with Gasteiger partial charge in [-0.05, 0) is 55.2 Å². The minimum Gasteiger partial charge on any atom is -0.482 e. The van der Waals surface area contributed by atoms with E-state index in [2.05, 4.69) is 17.1 Å². The first-order chi connectivity index (χ1) is 14.0. The molecule has 0 bridgehead atoms. The lowest BCUT2D eigenvalue weighted by Gasteiger charge is -2.32. The van der Waals surface area contributed by atoms with Gasteiger partial charge in [0.25, 0.3) is 5.91 Å². The van der Waals surface area contributed by atoms with Crippen LogP contribution in [-0.2, 0) is 14.3 Å². The van der Waals surface area contributed by atoms with Gasteiger partial charge in [-0.3, -0.25) is 4.79 Å². The summed E-state index contributed by atoms with van der Waals surface area (Å²) in [7, 11) is 0. The SMILES string of the molecule is CC1CCN(c2ccc(NC(=O)COC(=O)COc3cccc(F)c3)cc2)CC1. The van der Waals surface area contributed by atoms with Gasteiger partial charge in [0, 0.05) is 30.5 Å². The molecule has 0 aromatic heterocycles. The molecular formula is C22H25FN2O4. The fourth-order valence-corrected chi connectivity index (χ4v) is 3.11. The molecule has 0 radical (unpaired) electrons. The third-order valence-electron chi connectivity index (χ3n) is 4.82. The van der Waals surface area contributed by atoms with Crippen molar-refractivity contribution in [3.63, 3.8) is 0 Å². The van der Waals surface area contributed by atoms with Gasteiger partial charge in [0.05, 0.1) is 0 Å². The lowest BCUT2D eigenvalue weighted by atomic mass is 9.99. The number of hydrogen-bond donors (Lipinski definition) is 1. The number of rotatable bonds is 7. The molecule has 1 saturated heterocycles. The quantitative estimate of drug-likeness (QED) is 0.719. The fourth-order valence-electron chi connectivity index (χ4n) is 3.11. The van der Waals surface area contributed by atoms with E-state index < -0.39 is 30.9 Å². The summed E-state index contributed by atoms with van der Waals surface area (Å²) in [5, 5.41) is 2.69. The third-order valence-corrected chi connectivity index (χ3v) is 4.82. The van der Waals surface area contributed by atoms with Gasteiger partial charge < -0.3 is 19.7 Å². The van der Waals surface area contributed by atoms with Gasteiger partial charge >= 0.3 is 5.97 Å². The second kappa shape index (κ2) is 9.91. The number of anilines is 2. The monoisotopic (exact) mass is 400 g/mol. The van der Waals surface area contributed by atoms with Gasteiger partial charge in [-0.15, -0.1) is 0 Å². The number of halogens is 1. The predicted octanol–water partition coefficient (Wildman–Crippen LogP) is 3.62. The summed E-state index contributed by atoms with van der Waals surface area (Å²) in [6.07, 6.45) is 2.37. The number of nitrogens with zero attached hydrogens (tertiary/aromatic N) is 1. The predicted molar refractivity (Wildman–Crippen MR) is 109 cm³/mol. The molecule has 2 aromatic rings. The van der Waals surface area contributed by atoms with Crippen LogP contribution in [-0.4, -0.2) is 38.2 Å². The average molecular weight is 400 g/mol. The first-order valence-corrected chi connectivity index (χ1v) is 9.68. The molecule has 0 unspecified atom stereocenters. The smallest absolute Gasteiger partial charge is 0.344 e. The number of benzene rings is 2. The molecule has 0 saturated carbocycles. The van der Waals surface area contributed by atoms with Crippen LogP contribution in [0.25, 0.3) is 0 Å². The van der Waals surface area contributed by atoms with Crippen molar-refractivity contribution in [3.8, 4) is 5.75 Å². The number of carbonyl (C=O) groups excluding carboxylic acids is 2. The van der Waals surface area contributed by atoms with Crippen LogP contribution in [0.1, 0.15) is 19.8 Å². The zero-order valence-electron chi connectivity index (χ0n) is 16.4. The molecule has 1 N–H and O–H groups in total. The summed E-state index contributed by atoms with van der Waals surface area (Å²) in [4.78, 5) is 26.0. The molecule has 6 nitrogen and oxygen atoms in total. The van der Waals surface area contributed by atoms with E-state index in [9.17, 15) is 14.0 Å². The van der Waals surface area contributed by atoms with E-state index in [1.807, 2.05) is 24.3 Å². The maximum atomic E-state index is 13.0. The Balaban J connectivity index is 1.39. The highest BCUT2D eigenvalue weighted by Gasteiger charge is 2.16. The molecule has 1 amide bonds. The van der Waals surface area contributed by atoms with Crippen molar-refractivity contribution in [1.82, 2.24) is 0 Å². The van der Waals surface area contributed by atoms with Crippen molar-refractivity contribution in [2.24, 2.45) is 5.92 Å². The molecule has 154 valence electrons. The van der Waals surface area contributed by atoms with E-state index in [1.165, 1.54) is 31.0 Å². The number of carbonyl (C=O) groups is 2. The van der Waals surface area contributed by atoms with Gasteiger partial charge in [0.1, 0.15) is 11.6 Å². The van der Waals surface area contributed by atoms with Crippen molar-refractivity contribution in [1.29, 1.82) is 0 Å². The Bertz CT molecular complexity index is 833. The number of ether oxygens (including phenoxy) is 2. The molecule has 1 aliphatic heterocycles. The van der Waals surface area contributed by atoms with Crippen molar-refractivity contribution in [2.75, 3.05) is 36.5 Å². The first kappa shape index (κ1) is 20.6. The van der Waals surface area contributed by atoms with Crippen LogP contribution in [0.5, 0.6) is 5.75 Å². The molecule has 1 aliphatic rings. The molecule has 3 rings (SSSR count). The Labute approximate surface area is 169 Å². The lowest BCUT2D eigenvalue weighted by Crippen LogP contribution is -2.32. The topological polar surface area (TPSA) is 67.9 Å². The highest BCUT2D eigenvalue weighted by Crippen LogP contribution is 2.24. The highest BCUT2D eigenvalue weighted by molar-refractivity contribution is 5.93. The standard InChI is InChI=1S/C22H25FN2O4/c1-16-9-11-25(12-10-16)19-7-5-18(6-8-19)24-21(26)14-29-22(27)15-28-20-4-2-3-17(23)13-20/h2-8,13,16H,9-12,14-15H2,1H3,(H,24,26). The molecule has 1 heterocycles. The summed E-state index contributed by atoms with van der Waals surface area (Å²) < 4.78 is 23.1. The van der Waals surface area contributed by atoms with Crippen LogP contribution in [0, 0.1) is 11.7 Å². The third kappa shape index (κ3) is 6.48. The van der Waals surface area contributed by atoms with Crippen molar-refractivity contribution >= 4 is 23.3 Å². The Hall–Kier alpha value is -3.09. The Kier molecular flexibility index (Phi) is 7.05. The first-order valence-electron chi connectivity index (χ1n) is 9.68. The van der Waals surface area contributed by atoms with Gasteiger partial charge in [-0.2, -0.15) is 0 Å². The summed E-state index contributed by atoms with van der Waals surface area (Å²) >= 11 is 0. The maximum absolute atomic E-state index is 13.0. The number of nitrogens with one attached hydrogen (secondary N) is 1. The Morgan fingerprint density at radius 1 is 1.10 bits per heavy atom. The van der Waals surface area contributed by atoms with Crippen LogP contribution in [0.3, 0.4) is 0 Å². The van der Waals surface area contributed by atoms with Gasteiger partial charge in [0.15, 0.2) is 13.2 Å². The second-order valence-electron chi connectivity index (χ2n) is 7.17. The van der Waals surface area contributed by atoms with Crippen LogP contribution >= 0.6 is 0 Å². The minimum atomic E-state index is -0.709. The number of esters is 1. The Morgan fingerprint density at radius 3 is 2.52 bits per heavy atom. The van der Waals surface area contributed by atoms with Crippen LogP contribution in [0.4, 0.5) is 15.8 Å². The van der Waals surface area contributed by atoms with Crippen LogP contribution in [0.15, 0.2) is 48.5 Å². The summed E-state index contributed by atoms with van der Waals surface area (Å²) in [5.74, 6) is -0.625. The zero-order valence-corrected chi connectivity index (χ0v) is 16.4. The molecule has 0 atom stereocenters. The molecule has 0 aliphatic carbocycles. The number of piperidine rings is 1. The van der Waals surface area contributed by atoms with Gasteiger partial charge in [-0.1, -0.05) is 13.0 Å². The molecule has 2 aromatic carbocycles.